The zero-order valence-electron chi connectivity index (χ0n) is 12.3. The van der Waals surface area contributed by atoms with Crippen LogP contribution in [-0.2, 0) is 4.74 Å². The van der Waals surface area contributed by atoms with Gasteiger partial charge in [-0.1, -0.05) is 20.8 Å². The van der Waals surface area contributed by atoms with Crippen molar-refractivity contribution in [2.24, 2.45) is 10.4 Å². The summed E-state index contributed by atoms with van der Waals surface area (Å²) in [5.41, 5.74) is 0.144. The Morgan fingerprint density at radius 2 is 1.89 bits per heavy atom. The molecule has 1 heterocycles. The molecular weight excluding hydrogens is 341 g/mol. The first-order chi connectivity index (χ1) is 7.99. The number of nitrogens with one attached hydrogen (secondary N) is 1. The smallest absolute Gasteiger partial charge is 0.193 e. The van der Waals surface area contributed by atoms with Gasteiger partial charge >= 0.3 is 0 Å². The number of rotatable bonds is 3. The molecule has 4 nitrogen and oxygen atoms in total. The number of hydrogen-bond donors (Lipinski definition) is 1. The summed E-state index contributed by atoms with van der Waals surface area (Å²) in [7, 11) is 3.62. The minimum atomic E-state index is 0. The molecule has 0 radical (unpaired) electrons. The van der Waals surface area contributed by atoms with Crippen LogP contribution in [0.3, 0.4) is 0 Å². The van der Waals surface area contributed by atoms with E-state index in [4.69, 9.17) is 4.74 Å². The van der Waals surface area contributed by atoms with Gasteiger partial charge in [0.05, 0.1) is 6.10 Å². The Hall–Kier alpha value is -0.0400. The largest absolute Gasteiger partial charge is 0.379 e. The average Bonchev–Trinajstić information content (AvgIpc) is 2.76. The Balaban J connectivity index is 0.00000289. The second-order valence-corrected chi connectivity index (χ2v) is 5.71. The van der Waals surface area contributed by atoms with Crippen LogP contribution in [0, 0.1) is 5.41 Å². The van der Waals surface area contributed by atoms with Crippen LogP contribution in [0.15, 0.2) is 4.99 Å². The minimum absolute atomic E-state index is 0. The first-order valence-corrected chi connectivity index (χ1v) is 6.47. The predicted molar refractivity (Wildman–Crippen MR) is 87.8 cm³/mol. The Bertz CT molecular complexity index is 257. The van der Waals surface area contributed by atoms with Crippen molar-refractivity contribution in [3.63, 3.8) is 0 Å². The summed E-state index contributed by atoms with van der Waals surface area (Å²) in [5, 5.41) is 3.42. The van der Waals surface area contributed by atoms with Crippen molar-refractivity contribution in [2.75, 3.05) is 33.8 Å². The molecule has 1 aliphatic rings. The number of hydrogen-bond acceptors (Lipinski definition) is 2. The van der Waals surface area contributed by atoms with Crippen LogP contribution in [0.25, 0.3) is 0 Å². The first kappa shape index (κ1) is 18.0. The minimum Gasteiger partial charge on any atom is -0.379 e. The molecule has 18 heavy (non-hydrogen) atoms. The Morgan fingerprint density at radius 1 is 1.33 bits per heavy atom. The summed E-state index contributed by atoms with van der Waals surface area (Å²) in [6, 6.07) is 0. The van der Waals surface area contributed by atoms with Gasteiger partial charge in [-0.05, 0) is 18.3 Å². The summed E-state index contributed by atoms with van der Waals surface area (Å²) in [6.45, 7) is 9.63. The standard InChI is InChI=1S/C13H27N3O.HI/c1-13(2,3)11(17-5)10-15-12(14-4)16-8-6-7-9-16;/h11H,6-10H2,1-5H3,(H,14,15);1H. The molecule has 0 aromatic heterocycles. The maximum Gasteiger partial charge on any atom is 0.193 e. The molecule has 1 aliphatic heterocycles. The van der Waals surface area contributed by atoms with Crippen LogP contribution >= 0.6 is 24.0 Å². The number of guanidine groups is 1. The molecule has 1 atom stereocenters. The fourth-order valence-electron chi connectivity index (χ4n) is 2.19. The van der Waals surface area contributed by atoms with Gasteiger partial charge in [0.15, 0.2) is 5.96 Å². The van der Waals surface area contributed by atoms with Crippen molar-refractivity contribution in [2.45, 2.75) is 39.7 Å². The van der Waals surface area contributed by atoms with Gasteiger partial charge < -0.3 is 15.0 Å². The SMILES string of the molecule is CN=C(NCC(OC)C(C)(C)C)N1CCCC1.I. The molecule has 5 heteroatoms. The highest BCUT2D eigenvalue weighted by Crippen LogP contribution is 2.21. The molecule has 0 saturated carbocycles. The van der Waals surface area contributed by atoms with Crippen LogP contribution in [0.5, 0.6) is 0 Å². The van der Waals surface area contributed by atoms with Crippen LogP contribution < -0.4 is 5.32 Å². The van der Waals surface area contributed by atoms with Crippen molar-refractivity contribution < 1.29 is 4.74 Å². The number of ether oxygens (including phenoxy) is 1. The molecule has 0 amide bonds. The average molecular weight is 369 g/mol. The molecule has 1 saturated heterocycles. The highest BCUT2D eigenvalue weighted by molar-refractivity contribution is 14.0. The number of methoxy groups -OCH3 is 1. The van der Waals surface area contributed by atoms with E-state index < -0.39 is 0 Å². The van der Waals surface area contributed by atoms with E-state index in [1.807, 2.05) is 7.05 Å². The highest BCUT2D eigenvalue weighted by atomic mass is 127. The van der Waals surface area contributed by atoms with Crippen molar-refractivity contribution in [3.05, 3.63) is 0 Å². The number of likely N-dealkylation sites (tertiary alicyclic amines) is 1. The van der Waals surface area contributed by atoms with E-state index in [1.54, 1.807) is 7.11 Å². The van der Waals surface area contributed by atoms with Gasteiger partial charge in [-0.15, -0.1) is 24.0 Å². The lowest BCUT2D eigenvalue weighted by atomic mass is 9.89. The third-order valence-corrected chi connectivity index (χ3v) is 3.31. The number of nitrogens with zero attached hydrogens (tertiary/aromatic N) is 2. The molecular formula is C13H28IN3O. The lowest BCUT2D eigenvalue weighted by molar-refractivity contribution is 0.0202. The maximum atomic E-state index is 5.54. The first-order valence-electron chi connectivity index (χ1n) is 6.47. The quantitative estimate of drug-likeness (QED) is 0.471. The molecule has 108 valence electrons. The molecule has 1 N–H and O–H groups in total. The Kier molecular flexibility index (Phi) is 8.18. The van der Waals surface area contributed by atoms with E-state index in [1.165, 1.54) is 12.8 Å². The number of aliphatic imine (C=N–C) groups is 1. The maximum absolute atomic E-state index is 5.54. The molecule has 0 aliphatic carbocycles. The summed E-state index contributed by atoms with van der Waals surface area (Å²) in [4.78, 5) is 6.65. The van der Waals surface area contributed by atoms with Crippen LogP contribution in [0.4, 0.5) is 0 Å². The van der Waals surface area contributed by atoms with E-state index in [0.29, 0.717) is 0 Å². The third-order valence-electron chi connectivity index (χ3n) is 3.31. The van der Waals surface area contributed by atoms with Gasteiger partial charge in [-0.3, -0.25) is 4.99 Å². The van der Waals surface area contributed by atoms with Crippen molar-refractivity contribution >= 4 is 29.9 Å². The van der Waals surface area contributed by atoms with Gasteiger partial charge in [0.1, 0.15) is 0 Å². The van der Waals surface area contributed by atoms with Crippen molar-refractivity contribution in [1.82, 2.24) is 10.2 Å². The normalized spacial score (nSPS) is 18.5. The van der Waals surface area contributed by atoms with Crippen LogP contribution in [0.2, 0.25) is 0 Å². The summed E-state index contributed by atoms with van der Waals surface area (Å²) >= 11 is 0. The molecule has 1 unspecified atom stereocenters. The lowest BCUT2D eigenvalue weighted by Gasteiger charge is -2.31. The van der Waals surface area contributed by atoms with Gasteiger partial charge in [0.2, 0.25) is 0 Å². The van der Waals surface area contributed by atoms with Gasteiger partial charge in [0, 0.05) is 33.8 Å². The van der Waals surface area contributed by atoms with E-state index in [2.05, 4.69) is 36.0 Å². The summed E-state index contributed by atoms with van der Waals surface area (Å²) in [6.07, 6.45) is 2.74. The van der Waals surface area contributed by atoms with Gasteiger partial charge in [-0.25, -0.2) is 0 Å². The van der Waals surface area contributed by atoms with Gasteiger partial charge in [-0.2, -0.15) is 0 Å². The van der Waals surface area contributed by atoms with Crippen molar-refractivity contribution in [1.29, 1.82) is 0 Å². The van der Waals surface area contributed by atoms with E-state index in [-0.39, 0.29) is 35.5 Å². The Labute approximate surface area is 129 Å². The molecule has 0 aromatic rings. The van der Waals surface area contributed by atoms with E-state index in [9.17, 15) is 0 Å². The Morgan fingerprint density at radius 3 is 2.28 bits per heavy atom. The van der Waals surface area contributed by atoms with Crippen molar-refractivity contribution in [3.8, 4) is 0 Å². The summed E-state index contributed by atoms with van der Waals surface area (Å²) in [5.74, 6) is 1.01. The molecule has 1 rings (SSSR count). The lowest BCUT2D eigenvalue weighted by Crippen LogP contribution is -2.46. The van der Waals surface area contributed by atoms with Gasteiger partial charge in [0.25, 0.3) is 0 Å². The third kappa shape index (κ3) is 5.30. The topological polar surface area (TPSA) is 36.9 Å². The summed E-state index contributed by atoms with van der Waals surface area (Å²) < 4.78 is 5.54. The molecule has 0 aromatic carbocycles. The second-order valence-electron chi connectivity index (χ2n) is 5.71. The predicted octanol–water partition coefficient (Wildman–Crippen LogP) is 2.34. The second kappa shape index (κ2) is 8.19. The molecule has 0 bridgehead atoms. The zero-order valence-corrected chi connectivity index (χ0v) is 14.7. The van der Waals surface area contributed by atoms with Crippen LogP contribution in [-0.4, -0.2) is 50.8 Å². The zero-order chi connectivity index (χ0) is 12.9. The molecule has 0 spiro atoms. The fraction of sp³-hybridized carbons (Fsp3) is 0.923. The molecule has 1 fully saturated rings. The monoisotopic (exact) mass is 369 g/mol. The fourth-order valence-corrected chi connectivity index (χ4v) is 2.19. The number of halogens is 1. The van der Waals surface area contributed by atoms with Crippen LogP contribution in [0.1, 0.15) is 33.6 Å². The van der Waals surface area contributed by atoms with E-state index >= 15 is 0 Å². The highest BCUT2D eigenvalue weighted by Gasteiger charge is 2.25. The van der Waals surface area contributed by atoms with E-state index in [0.717, 1.165) is 25.6 Å².